The highest BCUT2D eigenvalue weighted by Crippen LogP contribution is 2.49. The van der Waals surface area contributed by atoms with Crippen molar-refractivity contribution in [1.29, 1.82) is 0 Å². The summed E-state index contributed by atoms with van der Waals surface area (Å²) in [4.78, 5) is 23.1. The van der Waals surface area contributed by atoms with Crippen molar-refractivity contribution in [1.82, 2.24) is 5.32 Å². The van der Waals surface area contributed by atoms with Gasteiger partial charge in [0.25, 0.3) is 0 Å². The van der Waals surface area contributed by atoms with Crippen LogP contribution in [0.3, 0.4) is 0 Å². The number of carbonyl (C=O) groups is 2. The van der Waals surface area contributed by atoms with Crippen LogP contribution in [0.4, 0.5) is 8.78 Å². The summed E-state index contributed by atoms with van der Waals surface area (Å²) in [6, 6.07) is 2.84. The average Bonchev–Trinajstić information content (AvgIpc) is 3.17. The van der Waals surface area contributed by atoms with Gasteiger partial charge < -0.3 is 10.1 Å². The van der Waals surface area contributed by atoms with Crippen LogP contribution in [0.1, 0.15) is 24.8 Å². The van der Waals surface area contributed by atoms with Crippen LogP contribution in [0.5, 0.6) is 0 Å². The van der Waals surface area contributed by atoms with Crippen LogP contribution in [0.25, 0.3) is 0 Å². The summed E-state index contributed by atoms with van der Waals surface area (Å²) in [7, 11) is 1.22. The number of methoxy groups -OCH3 is 1. The minimum absolute atomic E-state index is 0.0571. The first-order valence-electron chi connectivity index (χ1n) is 6.27. The molecule has 3 atom stereocenters. The zero-order valence-electron chi connectivity index (χ0n) is 11.2. The maximum Gasteiger partial charge on any atom is 0.328 e. The molecule has 0 unspecified atom stereocenters. The molecular weight excluding hydrogens is 268 g/mol. The maximum atomic E-state index is 13.6. The van der Waals surface area contributed by atoms with E-state index in [0.29, 0.717) is 6.42 Å². The van der Waals surface area contributed by atoms with Crippen molar-refractivity contribution in [2.45, 2.75) is 25.3 Å². The highest BCUT2D eigenvalue weighted by atomic mass is 19.1. The number of amides is 1. The van der Waals surface area contributed by atoms with Gasteiger partial charge in [-0.05, 0) is 25.5 Å². The molecule has 108 valence electrons. The molecule has 0 radical (unpaired) electrons. The average molecular weight is 283 g/mol. The van der Waals surface area contributed by atoms with E-state index < -0.39 is 41.4 Å². The molecule has 1 N–H and O–H groups in total. The van der Waals surface area contributed by atoms with E-state index in [0.717, 1.165) is 0 Å². The second kappa shape index (κ2) is 5.56. The van der Waals surface area contributed by atoms with E-state index >= 15 is 0 Å². The minimum Gasteiger partial charge on any atom is -0.467 e. The molecule has 0 aromatic heterocycles. The molecule has 1 aromatic carbocycles. The Labute approximate surface area is 115 Å². The lowest BCUT2D eigenvalue weighted by atomic mass is 10.1. The van der Waals surface area contributed by atoms with Crippen molar-refractivity contribution in [3.8, 4) is 0 Å². The van der Waals surface area contributed by atoms with Crippen LogP contribution < -0.4 is 5.32 Å². The molecule has 1 saturated carbocycles. The number of hydrogen-bond donors (Lipinski definition) is 1. The Morgan fingerprint density at radius 3 is 2.50 bits per heavy atom. The van der Waals surface area contributed by atoms with Crippen molar-refractivity contribution in [2.24, 2.45) is 5.92 Å². The molecule has 4 nitrogen and oxygen atoms in total. The molecule has 1 aromatic rings. The summed E-state index contributed by atoms with van der Waals surface area (Å²) in [5.74, 6) is -3.23. The topological polar surface area (TPSA) is 55.4 Å². The largest absolute Gasteiger partial charge is 0.467 e. The molecule has 0 aliphatic heterocycles. The fourth-order valence-electron chi connectivity index (χ4n) is 2.22. The molecule has 1 aliphatic carbocycles. The number of nitrogens with one attached hydrogen (secondary N) is 1. The quantitative estimate of drug-likeness (QED) is 0.856. The number of halogens is 2. The first-order valence-corrected chi connectivity index (χ1v) is 6.27. The first-order chi connectivity index (χ1) is 9.45. The molecule has 1 fully saturated rings. The van der Waals surface area contributed by atoms with Crippen molar-refractivity contribution in [3.63, 3.8) is 0 Å². The van der Waals surface area contributed by atoms with Crippen LogP contribution in [-0.4, -0.2) is 25.0 Å². The molecular formula is C14H15F2NO3. The lowest BCUT2D eigenvalue weighted by molar-refractivity contribution is -0.144. The molecule has 2 rings (SSSR count). The highest BCUT2D eigenvalue weighted by molar-refractivity contribution is 5.87. The fraction of sp³-hybridized carbons (Fsp3) is 0.429. The third-order valence-electron chi connectivity index (χ3n) is 3.41. The summed E-state index contributed by atoms with van der Waals surface area (Å²) in [5.41, 5.74) is -0.0571. The van der Waals surface area contributed by atoms with Gasteiger partial charge in [0.05, 0.1) is 7.11 Å². The highest BCUT2D eigenvalue weighted by Gasteiger charge is 2.47. The fourth-order valence-corrected chi connectivity index (χ4v) is 2.22. The van der Waals surface area contributed by atoms with E-state index in [1.54, 1.807) is 0 Å². The Balaban J connectivity index is 2.01. The summed E-state index contributed by atoms with van der Waals surface area (Å²) >= 11 is 0. The molecule has 0 bridgehead atoms. The molecule has 1 amide bonds. The number of hydrogen-bond acceptors (Lipinski definition) is 3. The Morgan fingerprint density at radius 2 is 1.95 bits per heavy atom. The normalized spacial score (nSPS) is 22.0. The van der Waals surface area contributed by atoms with Gasteiger partial charge in [-0.3, -0.25) is 4.79 Å². The van der Waals surface area contributed by atoms with Crippen molar-refractivity contribution >= 4 is 11.9 Å². The number of benzene rings is 1. The number of esters is 1. The predicted molar refractivity (Wildman–Crippen MR) is 66.8 cm³/mol. The van der Waals surface area contributed by atoms with E-state index in [2.05, 4.69) is 10.1 Å². The number of rotatable bonds is 4. The van der Waals surface area contributed by atoms with Gasteiger partial charge in [0.2, 0.25) is 5.91 Å². The van der Waals surface area contributed by atoms with E-state index in [-0.39, 0.29) is 5.56 Å². The van der Waals surface area contributed by atoms with Crippen molar-refractivity contribution in [3.05, 3.63) is 35.4 Å². The van der Waals surface area contributed by atoms with Gasteiger partial charge in [0.1, 0.15) is 17.7 Å². The smallest absolute Gasteiger partial charge is 0.328 e. The van der Waals surface area contributed by atoms with Crippen LogP contribution in [0.15, 0.2) is 18.2 Å². The van der Waals surface area contributed by atoms with Gasteiger partial charge in [-0.1, -0.05) is 6.07 Å². The zero-order valence-corrected chi connectivity index (χ0v) is 11.2. The van der Waals surface area contributed by atoms with Crippen LogP contribution in [0.2, 0.25) is 0 Å². The van der Waals surface area contributed by atoms with Crippen molar-refractivity contribution in [2.75, 3.05) is 7.11 Å². The van der Waals surface area contributed by atoms with Crippen LogP contribution >= 0.6 is 0 Å². The monoisotopic (exact) mass is 283 g/mol. The lowest BCUT2D eigenvalue weighted by Gasteiger charge is -2.11. The Morgan fingerprint density at radius 1 is 1.35 bits per heavy atom. The minimum atomic E-state index is -0.779. The zero-order chi connectivity index (χ0) is 14.9. The molecule has 20 heavy (non-hydrogen) atoms. The van der Waals surface area contributed by atoms with Gasteiger partial charge in [-0.15, -0.1) is 0 Å². The molecule has 1 aliphatic rings. The molecule has 0 saturated heterocycles. The molecule has 0 heterocycles. The van der Waals surface area contributed by atoms with Gasteiger partial charge in [-0.2, -0.15) is 0 Å². The van der Waals surface area contributed by atoms with Gasteiger partial charge >= 0.3 is 5.97 Å². The number of ether oxygens (including phenoxy) is 1. The lowest BCUT2D eigenvalue weighted by Crippen LogP contribution is -2.40. The first kappa shape index (κ1) is 14.4. The van der Waals surface area contributed by atoms with Gasteiger partial charge in [0.15, 0.2) is 0 Å². The predicted octanol–water partition coefficient (Wildman–Crippen LogP) is 1.75. The summed E-state index contributed by atoms with van der Waals surface area (Å²) < 4.78 is 31.6. The summed E-state index contributed by atoms with van der Waals surface area (Å²) in [6.45, 7) is 1.49. The molecule has 6 heteroatoms. The Bertz CT molecular complexity index is 527. The van der Waals surface area contributed by atoms with E-state index in [4.69, 9.17) is 0 Å². The second-order valence-electron chi connectivity index (χ2n) is 4.84. The van der Waals surface area contributed by atoms with E-state index in [1.165, 1.54) is 32.2 Å². The van der Waals surface area contributed by atoms with Gasteiger partial charge in [0, 0.05) is 17.4 Å². The number of carbonyl (C=O) groups excluding carboxylic acids is 2. The van der Waals surface area contributed by atoms with E-state index in [1.807, 2.05) is 0 Å². The maximum absolute atomic E-state index is 13.6. The van der Waals surface area contributed by atoms with E-state index in [9.17, 15) is 18.4 Å². The van der Waals surface area contributed by atoms with Crippen LogP contribution in [-0.2, 0) is 14.3 Å². The SMILES string of the molecule is COC(=O)[C@H](C)NC(=O)[C@@H]1C[C@H]1c1c(F)cccc1F. The summed E-state index contributed by atoms with van der Waals surface area (Å²) in [6.07, 6.45) is 0.373. The third-order valence-corrected chi connectivity index (χ3v) is 3.41. The molecule has 0 spiro atoms. The second-order valence-corrected chi connectivity index (χ2v) is 4.84. The van der Waals surface area contributed by atoms with Crippen molar-refractivity contribution < 1.29 is 23.1 Å². The summed E-state index contributed by atoms with van der Waals surface area (Å²) in [5, 5.41) is 2.47. The standard InChI is InChI=1S/C14H15F2NO3/c1-7(14(19)20-2)17-13(18)9-6-8(9)12-10(15)4-3-5-11(12)16/h3-5,7-9H,6H2,1-2H3,(H,17,18)/t7-,8+,9+/m0/s1. The van der Waals surface area contributed by atoms with Crippen LogP contribution in [0, 0.1) is 17.6 Å². The Kier molecular flexibility index (Phi) is 4.01. The van der Waals surface area contributed by atoms with Gasteiger partial charge in [-0.25, -0.2) is 13.6 Å². The third kappa shape index (κ3) is 2.79. The Hall–Kier alpha value is -1.98.